The maximum atomic E-state index is 11.7. The third-order valence-corrected chi connectivity index (χ3v) is 2.78. The monoisotopic (exact) mass is 191 g/mol. The van der Waals surface area contributed by atoms with Gasteiger partial charge in [-0.15, -0.1) is 0 Å². The summed E-state index contributed by atoms with van der Waals surface area (Å²) in [7, 11) is 3.48. The van der Waals surface area contributed by atoms with Crippen molar-refractivity contribution in [3.63, 3.8) is 0 Å². The molecule has 1 aromatic carbocycles. The number of nitrogens with zero attached hydrogens (tertiary/aromatic N) is 1. The second-order valence-electron chi connectivity index (χ2n) is 2.94. The SMILES string of the molecule is CCN1C(=O)c2ccccc2C1=P. The molecule has 0 spiro atoms. The van der Waals surface area contributed by atoms with Crippen molar-refractivity contribution in [2.75, 3.05) is 6.54 Å². The maximum Gasteiger partial charge on any atom is 0.259 e. The van der Waals surface area contributed by atoms with Crippen molar-refractivity contribution < 1.29 is 4.79 Å². The summed E-state index contributed by atoms with van der Waals surface area (Å²) >= 11 is 0. The second-order valence-corrected chi connectivity index (χ2v) is 3.42. The highest BCUT2D eigenvalue weighted by atomic mass is 31.0. The predicted octanol–water partition coefficient (Wildman–Crippen LogP) is 1.78. The molecule has 0 saturated carbocycles. The smallest absolute Gasteiger partial charge is 0.259 e. The average Bonchev–Trinajstić information content (AvgIpc) is 2.41. The van der Waals surface area contributed by atoms with Crippen LogP contribution < -0.4 is 0 Å². The lowest BCUT2D eigenvalue weighted by atomic mass is 10.1. The van der Waals surface area contributed by atoms with E-state index in [2.05, 4.69) is 8.86 Å². The zero-order valence-corrected chi connectivity index (χ0v) is 8.37. The molecule has 1 aromatic rings. The van der Waals surface area contributed by atoms with E-state index in [9.17, 15) is 4.79 Å². The Morgan fingerprint density at radius 2 is 1.92 bits per heavy atom. The number of hydrogen-bond acceptors (Lipinski definition) is 1. The van der Waals surface area contributed by atoms with Crippen LogP contribution in [0.2, 0.25) is 0 Å². The third-order valence-electron chi connectivity index (χ3n) is 2.24. The molecule has 1 aliphatic heterocycles. The molecule has 13 heavy (non-hydrogen) atoms. The van der Waals surface area contributed by atoms with E-state index in [4.69, 9.17) is 0 Å². The van der Waals surface area contributed by atoms with Crippen molar-refractivity contribution in [1.82, 2.24) is 4.90 Å². The van der Waals surface area contributed by atoms with E-state index in [1.807, 2.05) is 31.2 Å². The van der Waals surface area contributed by atoms with Gasteiger partial charge >= 0.3 is 0 Å². The van der Waals surface area contributed by atoms with Crippen molar-refractivity contribution in [1.29, 1.82) is 0 Å². The predicted molar refractivity (Wildman–Crippen MR) is 55.6 cm³/mol. The molecule has 3 heteroatoms. The zero-order chi connectivity index (χ0) is 9.42. The van der Waals surface area contributed by atoms with Gasteiger partial charge in [-0.3, -0.25) is 4.79 Å². The Kier molecular flexibility index (Phi) is 1.93. The minimum atomic E-state index is 0.0862. The van der Waals surface area contributed by atoms with Gasteiger partial charge in [0.25, 0.3) is 5.91 Å². The van der Waals surface area contributed by atoms with Crippen LogP contribution in [-0.4, -0.2) is 22.8 Å². The lowest BCUT2D eigenvalue weighted by Gasteiger charge is -2.12. The van der Waals surface area contributed by atoms with Crippen LogP contribution in [0.5, 0.6) is 0 Å². The highest BCUT2D eigenvalue weighted by Gasteiger charge is 2.29. The number of benzene rings is 1. The molecule has 2 nitrogen and oxygen atoms in total. The maximum absolute atomic E-state index is 11.7. The summed E-state index contributed by atoms with van der Waals surface area (Å²) in [6.07, 6.45) is 0. The normalized spacial score (nSPS) is 15.0. The molecule has 2 rings (SSSR count). The Labute approximate surface area is 79.4 Å². The van der Waals surface area contributed by atoms with Crippen LogP contribution in [0, 0.1) is 0 Å². The van der Waals surface area contributed by atoms with Crippen LogP contribution in [-0.2, 0) is 0 Å². The first kappa shape index (κ1) is 8.46. The zero-order valence-electron chi connectivity index (χ0n) is 7.37. The number of fused-ring (bicyclic) bond motifs is 1. The summed E-state index contributed by atoms with van der Waals surface area (Å²) in [5.41, 5.74) is 2.66. The summed E-state index contributed by atoms with van der Waals surface area (Å²) in [5.74, 6) is 0.0862. The van der Waals surface area contributed by atoms with Gasteiger partial charge in [-0.2, -0.15) is 0 Å². The standard InChI is InChI=1S/C10H10NOP/c1-2-11-9(12)7-5-3-4-6-8(7)10(11)13/h3-6,13H,2H2,1H3. The van der Waals surface area contributed by atoms with Crippen LogP contribution >= 0.6 is 8.86 Å². The van der Waals surface area contributed by atoms with Crippen molar-refractivity contribution >= 4 is 20.2 Å². The molecule has 1 heterocycles. The van der Waals surface area contributed by atoms with Gasteiger partial charge < -0.3 is 4.90 Å². The van der Waals surface area contributed by atoms with Crippen molar-refractivity contribution in [3.8, 4) is 0 Å². The molecular formula is C10H10NOP. The topological polar surface area (TPSA) is 20.3 Å². The van der Waals surface area contributed by atoms with E-state index < -0.39 is 0 Å². The van der Waals surface area contributed by atoms with Gasteiger partial charge in [0.2, 0.25) is 0 Å². The van der Waals surface area contributed by atoms with Crippen LogP contribution in [0.1, 0.15) is 22.8 Å². The number of amides is 1. The molecular weight excluding hydrogens is 181 g/mol. The Balaban J connectivity index is 2.57. The minimum absolute atomic E-state index is 0.0862. The molecule has 0 radical (unpaired) electrons. The molecule has 0 saturated heterocycles. The van der Waals surface area contributed by atoms with E-state index in [-0.39, 0.29) is 5.91 Å². The summed E-state index contributed by atoms with van der Waals surface area (Å²) in [5, 5.41) is 0. The van der Waals surface area contributed by atoms with Crippen LogP contribution in [0.15, 0.2) is 24.3 Å². The Morgan fingerprint density at radius 1 is 1.31 bits per heavy atom. The third kappa shape index (κ3) is 1.10. The molecule has 0 aliphatic carbocycles. The molecule has 0 bridgehead atoms. The first-order valence-corrected chi connectivity index (χ1v) is 4.75. The largest absolute Gasteiger partial charge is 0.304 e. The summed E-state index contributed by atoms with van der Waals surface area (Å²) in [4.78, 5) is 13.4. The van der Waals surface area contributed by atoms with Gasteiger partial charge in [0.1, 0.15) is 0 Å². The van der Waals surface area contributed by atoms with Crippen molar-refractivity contribution in [2.24, 2.45) is 0 Å². The van der Waals surface area contributed by atoms with Crippen molar-refractivity contribution in [3.05, 3.63) is 35.4 Å². The lowest BCUT2D eigenvalue weighted by molar-refractivity contribution is 0.0867. The lowest BCUT2D eigenvalue weighted by Crippen LogP contribution is -2.28. The molecule has 0 fully saturated rings. The van der Waals surface area contributed by atoms with Gasteiger partial charge in [-0.1, -0.05) is 27.1 Å². The fraction of sp³-hybridized carbons (Fsp3) is 0.200. The average molecular weight is 191 g/mol. The number of carbonyl (C=O) groups is 1. The van der Waals surface area contributed by atoms with Gasteiger partial charge in [0.15, 0.2) is 0 Å². The highest BCUT2D eigenvalue weighted by Crippen LogP contribution is 2.23. The molecule has 1 aliphatic rings. The molecule has 0 N–H and O–H groups in total. The Bertz CT molecular complexity index is 351. The van der Waals surface area contributed by atoms with Gasteiger partial charge in [-0.25, -0.2) is 0 Å². The first-order valence-electron chi connectivity index (χ1n) is 4.25. The fourth-order valence-corrected chi connectivity index (χ4v) is 2.05. The number of rotatable bonds is 1. The highest BCUT2D eigenvalue weighted by molar-refractivity contribution is 7.22. The van der Waals surface area contributed by atoms with Crippen molar-refractivity contribution in [2.45, 2.75) is 6.92 Å². The summed E-state index contributed by atoms with van der Waals surface area (Å²) in [6.45, 7) is 2.66. The Hall–Kier alpha value is -1.14. The second kappa shape index (κ2) is 2.97. The van der Waals surface area contributed by atoms with E-state index >= 15 is 0 Å². The fourth-order valence-electron chi connectivity index (χ4n) is 1.57. The van der Waals surface area contributed by atoms with Gasteiger partial charge in [0.05, 0.1) is 5.42 Å². The summed E-state index contributed by atoms with van der Waals surface area (Å²) < 4.78 is 0. The quantitative estimate of drug-likeness (QED) is 0.619. The van der Waals surface area contributed by atoms with Crippen LogP contribution in [0.4, 0.5) is 0 Å². The van der Waals surface area contributed by atoms with E-state index in [1.165, 1.54) is 0 Å². The molecule has 0 aromatic heterocycles. The minimum Gasteiger partial charge on any atom is -0.304 e. The molecule has 1 amide bonds. The number of carbonyl (C=O) groups excluding carboxylic acids is 1. The number of hydrogen-bond donors (Lipinski definition) is 0. The van der Waals surface area contributed by atoms with E-state index in [0.29, 0.717) is 6.54 Å². The Morgan fingerprint density at radius 3 is 2.46 bits per heavy atom. The first-order chi connectivity index (χ1) is 6.25. The van der Waals surface area contributed by atoms with Crippen LogP contribution in [0.25, 0.3) is 0 Å². The van der Waals surface area contributed by atoms with Crippen LogP contribution in [0.3, 0.4) is 0 Å². The summed E-state index contributed by atoms with van der Waals surface area (Å²) in [6, 6.07) is 7.62. The van der Waals surface area contributed by atoms with Gasteiger partial charge in [-0.05, 0) is 13.0 Å². The molecule has 0 unspecified atom stereocenters. The van der Waals surface area contributed by atoms with E-state index in [0.717, 1.165) is 16.5 Å². The molecule has 66 valence electrons. The van der Waals surface area contributed by atoms with E-state index in [1.54, 1.807) is 4.90 Å². The molecule has 0 atom stereocenters. The van der Waals surface area contributed by atoms with Gasteiger partial charge in [0, 0.05) is 17.7 Å².